The van der Waals surface area contributed by atoms with Gasteiger partial charge in [-0.15, -0.1) is 11.6 Å². The van der Waals surface area contributed by atoms with Gasteiger partial charge in [-0.2, -0.15) is 0 Å². The van der Waals surface area contributed by atoms with Crippen LogP contribution in [-0.2, 0) is 0 Å². The van der Waals surface area contributed by atoms with Crippen LogP contribution in [0.4, 0.5) is 4.39 Å². The van der Waals surface area contributed by atoms with E-state index in [9.17, 15) is 9.18 Å². The van der Waals surface area contributed by atoms with E-state index in [1.165, 1.54) is 19.2 Å². The van der Waals surface area contributed by atoms with Gasteiger partial charge in [-0.25, -0.2) is 4.39 Å². The summed E-state index contributed by atoms with van der Waals surface area (Å²) < 4.78 is 18.6. The standard InChI is InChI=1S/C12H13ClFNO2/c1-17-9-4-2-3-8(14)10(9)11(16)15-12(7-13)5-6-12/h2-4H,5-7H2,1H3,(H,15,16). The molecule has 0 unspecified atom stereocenters. The molecule has 1 fully saturated rings. The Labute approximate surface area is 104 Å². The second-order valence-corrected chi connectivity index (χ2v) is 4.45. The summed E-state index contributed by atoms with van der Waals surface area (Å²) in [4.78, 5) is 12.0. The molecule has 0 saturated heterocycles. The largest absolute Gasteiger partial charge is 0.496 e. The molecular weight excluding hydrogens is 245 g/mol. The Morgan fingerprint density at radius 2 is 2.29 bits per heavy atom. The van der Waals surface area contributed by atoms with Crippen LogP contribution in [0.2, 0.25) is 0 Å². The lowest BCUT2D eigenvalue weighted by molar-refractivity contribution is 0.0928. The lowest BCUT2D eigenvalue weighted by Gasteiger charge is -2.15. The van der Waals surface area contributed by atoms with Crippen LogP contribution in [0.3, 0.4) is 0 Å². The van der Waals surface area contributed by atoms with E-state index in [0.29, 0.717) is 5.88 Å². The fourth-order valence-corrected chi connectivity index (χ4v) is 1.98. The van der Waals surface area contributed by atoms with Crippen LogP contribution in [0.15, 0.2) is 18.2 Å². The van der Waals surface area contributed by atoms with Crippen LogP contribution in [0.1, 0.15) is 23.2 Å². The average Bonchev–Trinajstić information content (AvgIpc) is 3.08. The molecule has 3 nitrogen and oxygen atoms in total. The van der Waals surface area contributed by atoms with Crippen LogP contribution in [0.5, 0.6) is 5.75 Å². The summed E-state index contributed by atoms with van der Waals surface area (Å²) in [6.07, 6.45) is 1.66. The molecule has 0 aliphatic heterocycles. The van der Waals surface area contributed by atoms with E-state index in [0.717, 1.165) is 12.8 Å². The monoisotopic (exact) mass is 257 g/mol. The van der Waals surface area contributed by atoms with Crippen molar-refractivity contribution in [2.24, 2.45) is 0 Å². The predicted molar refractivity (Wildman–Crippen MR) is 63.1 cm³/mol. The van der Waals surface area contributed by atoms with Gasteiger partial charge >= 0.3 is 0 Å². The van der Waals surface area contributed by atoms with Gasteiger partial charge in [-0.1, -0.05) is 6.07 Å². The molecule has 0 aromatic heterocycles. The van der Waals surface area contributed by atoms with Crippen molar-refractivity contribution in [1.82, 2.24) is 5.32 Å². The number of methoxy groups -OCH3 is 1. The van der Waals surface area contributed by atoms with Gasteiger partial charge in [0.15, 0.2) is 0 Å². The Morgan fingerprint density at radius 3 is 2.82 bits per heavy atom. The Hall–Kier alpha value is -1.29. The number of ether oxygens (including phenoxy) is 1. The van der Waals surface area contributed by atoms with Gasteiger partial charge in [-0.3, -0.25) is 4.79 Å². The zero-order chi connectivity index (χ0) is 12.5. The molecule has 0 radical (unpaired) electrons. The van der Waals surface area contributed by atoms with Gasteiger partial charge in [0.1, 0.15) is 17.1 Å². The summed E-state index contributed by atoms with van der Waals surface area (Å²) in [6.45, 7) is 0. The molecule has 17 heavy (non-hydrogen) atoms. The number of benzene rings is 1. The highest BCUT2D eigenvalue weighted by Gasteiger charge is 2.43. The first kappa shape index (κ1) is 12.2. The lowest BCUT2D eigenvalue weighted by atomic mass is 10.1. The van der Waals surface area contributed by atoms with Gasteiger partial charge in [0, 0.05) is 5.88 Å². The second kappa shape index (κ2) is 4.53. The van der Waals surface area contributed by atoms with Crippen molar-refractivity contribution in [3.05, 3.63) is 29.6 Å². The molecule has 1 aromatic rings. The van der Waals surface area contributed by atoms with Crippen LogP contribution in [0.25, 0.3) is 0 Å². The van der Waals surface area contributed by atoms with Crippen molar-refractivity contribution in [1.29, 1.82) is 0 Å². The summed E-state index contributed by atoms with van der Waals surface area (Å²) >= 11 is 5.76. The minimum Gasteiger partial charge on any atom is -0.496 e. The highest BCUT2D eigenvalue weighted by atomic mass is 35.5. The molecule has 1 saturated carbocycles. The van der Waals surface area contributed by atoms with E-state index in [2.05, 4.69) is 5.32 Å². The van der Waals surface area contributed by atoms with Gasteiger partial charge in [0.2, 0.25) is 0 Å². The smallest absolute Gasteiger partial charge is 0.258 e. The Morgan fingerprint density at radius 1 is 1.59 bits per heavy atom. The van der Waals surface area contributed by atoms with E-state index in [1.54, 1.807) is 6.07 Å². The van der Waals surface area contributed by atoms with Crippen LogP contribution >= 0.6 is 11.6 Å². The van der Waals surface area contributed by atoms with E-state index >= 15 is 0 Å². The summed E-state index contributed by atoms with van der Waals surface area (Å²) in [5.74, 6) is -0.492. The second-order valence-electron chi connectivity index (χ2n) is 4.19. The van der Waals surface area contributed by atoms with Crippen LogP contribution in [0, 0.1) is 5.82 Å². The molecule has 5 heteroatoms. The van der Waals surface area contributed by atoms with Gasteiger partial charge < -0.3 is 10.1 Å². The molecule has 1 N–H and O–H groups in total. The van der Waals surface area contributed by atoms with E-state index < -0.39 is 11.7 Å². The molecule has 2 rings (SSSR count). The molecule has 0 atom stereocenters. The lowest BCUT2D eigenvalue weighted by Crippen LogP contribution is -2.38. The molecule has 0 bridgehead atoms. The number of nitrogens with one attached hydrogen (secondary N) is 1. The molecule has 0 spiro atoms. The number of halogens is 2. The molecule has 1 aliphatic rings. The normalized spacial score (nSPS) is 16.4. The first-order chi connectivity index (χ1) is 8.12. The fourth-order valence-electron chi connectivity index (χ4n) is 1.64. The highest BCUT2D eigenvalue weighted by molar-refractivity contribution is 6.19. The van der Waals surface area contributed by atoms with Crippen molar-refractivity contribution in [3.63, 3.8) is 0 Å². The van der Waals surface area contributed by atoms with Crippen LogP contribution in [-0.4, -0.2) is 24.4 Å². The zero-order valence-corrected chi connectivity index (χ0v) is 10.2. The summed E-state index contributed by atoms with van der Waals surface area (Å²) in [6, 6.07) is 4.29. The maximum atomic E-state index is 13.6. The number of rotatable bonds is 4. The third-order valence-corrected chi connectivity index (χ3v) is 3.42. The van der Waals surface area contributed by atoms with Crippen molar-refractivity contribution < 1.29 is 13.9 Å². The van der Waals surface area contributed by atoms with Gasteiger partial charge in [0.25, 0.3) is 5.91 Å². The molecule has 92 valence electrons. The number of hydrogen-bond donors (Lipinski definition) is 1. The number of amides is 1. The number of carbonyl (C=O) groups is 1. The van der Waals surface area contributed by atoms with Crippen molar-refractivity contribution in [2.75, 3.05) is 13.0 Å². The number of carbonyl (C=O) groups excluding carboxylic acids is 1. The maximum absolute atomic E-state index is 13.6. The number of alkyl halides is 1. The molecular formula is C12H13ClFNO2. The third-order valence-electron chi connectivity index (χ3n) is 2.91. The summed E-state index contributed by atoms with van der Waals surface area (Å²) in [5, 5.41) is 2.76. The first-order valence-corrected chi connectivity index (χ1v) is 5.86. The minimum absolute atomic E-state index is 0.0635. The Bertz CT molecular complexity index is 446. The molecule has 1 aliphatic carbocycles. The summed E-state index contributed by atoms with van der Waals surface area (Å²) in [7, 11) is 1.40. The van der Waals surface area contributed by atoms with Gasteiger partial charge in [-0.05, 0) is 25.0 Å². The van der Waals surface area contributed by atoms with E-state index in [-0.39, 0.29) is 16.9 Å². The fraction of sp³-hybridized carbons (Fsp3) is 0.417. The topological polar surface area (TPSA) is 38.3 Å². The van der Waals surface area contributed by atoms with Crippen molar-refractivity contribution in [3.8, 4) is 5.75 Å². The SMILES string of the molecule is COc1cccc(F)c1C(=O)NC1(CCl)CC1. The Balaban J connectivity index is 2.24. The van der Waals surface area contributed by atoms with Crippen molar-refractivity contribution in [2.45, 2.75) is 18.4 Å². The predicted octanol–water partition coefficient (Wildman–Crippen LogP) is 2.34. The first-order valence-electron chi connectivity index (χ1n) is 5.33. The van der Waals surface area contributed by atoms with Crippen LogP contribution < -0.4 is 10.1 Å². The Kier molecular flexibility index (Phi) is 3.24. The van der Waals surface area contributed by atoms with Gasteiger partial charge in [0.05, 0.1) is 12.6 Å². The molecule has 0 heterocycles. The quantitative estimate of drug-likeness (QED) is 0.841. The zero-order valence-electron chi connectivity index (χ0n) is 9.43. The summed E-state index contributed by atoms with van der Waals surface area (Å²) in [5.41, 5.74) is -0.419. The average molecular weight is 258 g/mol. The maximum Gasteiger partial charge on any atom is 0.258 e. The molecule has 1 amide bonds. The minimum atomic E-state index is -0.591. The third kappa shape index (κ3) is 2.36. The molecule has 1 aromatic carbocycles. The highest BCUT2D eigenvalue weighted by Crippen LogP contribution is 2.37. The van der Waals surface area contributed by atoms with E-state index in [1.807, 2.05) is 0 Å². The van der Waals surface area contributed by atoms with E-state index in [4.69, 9.17) is 16.3 Å². The number of hydrogen-bond acceptors (Lipinski definition) is 2. The van der Waals surface area contributed by atoms with Crippen molar-refractivity contribution >= 4 is 17.5 Å².